The third-order valence-corrected chi connectivity index (χ3v) is 5.95. The molecule has 0 saturated carbocycles. The van der Waals surface area contributed by atoms with Crippen LogP contribution in [0.1, 0.15) is 24.5 Å². The molecule has 1 heterocycles. The molecule has 0 fully saturated rings. The summed E-state index contributed by atoms with van der Waals surface area (Å²) in [5.41, 5.74) is 2.77. The summed E-state index contributed by atoms with van der Waals surface area (Å²) in [6.07, 6.45) is 2.18. The second-order valence-corrected chi connectivity index (χ2v) is 7.49. The van der Waals surface area contributed by atoms with Crippen molar-refractivity contribution in [3.05, 3.63) is 35.4 Å². The van der Waals surface area contributed by atoms with Crippen LogP contribution in [0.15, 0.2) is 24.3 Å². The Bertz CT molecular complexity index is 1060. The van der Waals surface area contributed by atoms with Gasteiger partial charge in [-0.15, -0.1) is 0 Å². The molecule has 4 rings (SSSR count). The quantitative estimate of drug-likeness (QED) is 0.561. The van der Waals surface area contributed by atoms with Gasteiger partial charge in [-0.3, -0.25) is 4.90 Å². The van der Waals surface area contributed by atoms with E-state index in [-0.39, 0.29) is 0 Å². The topological polar surface area (TPSA) is 40.2 Å². The lowest BCUT2D eigenvalue weighted by molar-refractivity contribution is 0.256. The molecule has 0 amide bonds. The van der Waals surface area contributed by atoms with E-state index in [1.807, 2.05) is 0 Å². The van der Waals surface area contributed by atoms with Crippen LogP contribution in [0.4, 0.5) is 0 Å². The number of ether oxygens (including phenoxy) is 4. The van der Waals surface area contributed by atoms with Crippen LogP contribution in [0, 0.1) is 0 Å². The van der Waals surface area contributed by atoms with E-state index in [0.29, 0.717) is 0 Å². The van der Waals surface area contributed by atoms with Crippen molar-refractivity contribution in [2.24, 2.45) is 0 Å². The highest BCUT2D eigenvalue weighted by molar-refractivity contribution is 6.12. The maximum atomic E-state index is 5.62. The van der Waals surface area contributed by atoms with Crippen LogP contribution in [-0.4, -0.2) is 46.4 Å². The van der Waals surface area contributed by atoms with E-state index in [4.69, 9.17) is 18.9 Å². The summed E-state index contributed by atoms with van der Waals surface area (Å²) >= 11 is 0. The van der Waals surface area contributed by atoms with Gasteiger partial charge in [0.2, 0.25) is 0 Å². The SMILES string of the molecule is CCCN1CCc2c(c3cc(OC)c(OC)cc3c3cc(OC)c(OC)cc23)C1. The number of fused-ring (bicyclic) bond motifs is 6. The minimum absolute atomic E-state index is 0.734. The summed E-state index contributed by atoms with van der Waals surface area (Å²) in [5.74, 6) is 2.99. The highest BCUT2D eigenvalue weighted by Crippen LogP contribution is 2.44. The average molecular weight is 395 g/mol. The first kappa shape index (κ1) is 19.6. The van der Waals surface area contributed by atoms with Gasteiger partial charge in [0.1, 0.15) is 0 Å². The molecule has 0 spiro atoms. The number of methoxy groups -OCH3 is 4. The van der Waals surface area contributed by atoms with Crippen LogP contribution >= 0.6 is 0 Å². The van der Waals surface area contributed by atoms with Crippen molar-refractivity contribution < 1.29 is 18.9 Å². The van der Waals surface area contributed by atoms with E-state index >= 15 is 0 Å². The molecule has 0 N–H and O–H groups in total. The van der Waals surface area contributed by atoms with Crippen molar-refractivity contribution in [2.75, 3.05) is 41.5 Å². The fraction of sp³-hybridized carbons (Fsp3) is 0.417. The molecule has 0 unspecified atom stereocenters. The summed E-state index contributed by atoms with van der Waals surface area (Å²) < 4.78 is 22.4. The van der Waals surface area contributed by atoms with E-state index in [9.17, 15) is 0 Å². The lowest BCUT2D eigenvalue weighted by Crippen LogP contribution is -2.31. The lowest BCUT2D eigenvalue weighted by Gasteiger charge is -2.31. The van der Waals surface area contributed by atoms with Crippen LogP contribution in [-0.2, 0) is 13.0 Å². The van der Waals surface area contributed by atoms with Crippen LogP contribution < -0.4 is 18.9 Å². The zero-order valence-corrected chi connectivity index (χ0v) is 17.9. The Kier molecular flexibility index (Phi) is 5.41. The normalized spacial score (nSPS) is 14.1. The number of hydrogen-bond acceptors (Lipinski definition) is 5. The standard InChI is InChI=1S/C24H29NO4/c1-6-8-25-9-7-15-16-10-21(26-2)22(27-3)11-17(16)18-12-23(28-4)24(29-5)13-19(18)20(15)14-25/h10-13H,6-9,14H2,1-5H3. The highest BCUT2D eigenvalue weighted by atomic mass is 16.5. The van der Waals surface area contributed by atoms with Gasteiger partial charge in [0.25, 0.3) is 0 Å². The highest BCUT2D eigenvalue weighted by Gasteiger charge is 2.24. The summed E-state index contributed by atoms with van der Waals surface area (Å²) in [4.78, 5) is 2.53. The van der Waals surface area contributed by atoms with E-state index in [1.54, 1.807) is 28.4 Å². The first-order chi connectivity index (χ1) is 14.1. The molecule has 0 aliphatic carbocycles. The largest absolute Gasteiger partial charge is 0.493 e. The Morgan fingerprint density at radius 2 is 1.14 bits per heavy atom. The van der Waals surface area contributed by atoms with Crippen molar-refractivity contribution in [1.29, 1.82) is 0 Å². The van der Waals surface area contributed by atoms with Gasteiger partial charge in [0.05, 0.1) is 28.4 Å². The summed E-state index contributed by atoms with van der Waals surface area (Å²) in [5, 5.41) is 4.75. The van der Waals surface area contributed by atoms with Crippen LogP contribution in [0.3, 0.4) is 0 Å². The molecule has 0 atom stereocenters. The molecule has 5 heteroatoms. The third kappa shape index (κ3) is 3.23. The number of hydrogen-bond donors (Lipinski definition) is 0. The minimum Gasteiger partial charge on any atom is -0.493 e. The first-order valence-corrected chi connectivity index (χ1v) is 10.1. The Balaban J connectivity index is 2.10. The Morgan fingerprint density at radius 3 is 1.59 bits per heavy atom. The summed E-state index contributed by atoms with van der Waals surface area (Å²) in [7, 11) is 6.73. The predicted octanol–water partition coefficient (Wildman–Crippen LogP) is 4.80. The van der Waals surface area contributed by atoms with Gasteiger partial charge in [0, 0.05) is 13.1 Å². The van der Waals surface area contributed by atoms with Gasteiger partial charge in [0.15, 0.2) is 23.0 Å². The van der Waals surface area contributed by atoms with Gasteiger partial charge in [-0.05, 0) is 76.3 Å². The average Bonchev–Trinajstić information content (AvgIpc) is 2.77. The fourth-order valence-corrected chi connectivity index (χ4v) is 4.57. The maximum Gasteiger partial charge on any atom is 0.161 e. The van der Waals surface area contributed by atoms with Crippen LogP contribution in [0.2, 0.25) is 0 Å². The zero-order chi connectivity index (χ0) is 20.5. The van der Waals surface area contributed by atoms with Crippen LogP contribution in [0.25, 0.3) is 21.5 Å². The number of benzene rings is 3. The van der Waals surface area contributed by atoms with Gasteiger partial charge in [-0.25, -0.2) is 0 Å². The molecule has 3 aromatic rings. The fourth-order valence-electron chi connectivity index (χ4n) is 4.57. The van der Waals surface area contributed by atoms with E-state index in [0.717, 1.165) is 66.2 Å². The molecule has 0 bridgehead atoms. The smallest absolute Gasteiger partial charge is 0.161 e. The molecule has 154 valence electrons. The van der Waals surface area contributed by atoms with Crippen molar-refractivity contribution in [3.8, 4) is 23.0 Å². The summed E-state index contributed by atoms with van der Waals surface area (Å²) in [6.45, 7) is 5.36. The molecule has 0 aromatic heterocycles. The Hall–Kier alpha value is -2.66. The molecule has 0 saturated heterocycles. The monoisotopic (exact) mass is 395 g/mol. The van der Waals surface area contributed by atoms with Crippen molar-refractivity contribution in [3.63, 3.8) is 0 Å². The lowest BCUT2D eigenvalue weighted by atomic mass is 9.87. The third-order valence-electron chi connectivity index (χ3n) is 5.95. The summed E-state index contributed by atoms with van der Waals surface area (Å²) in [6, 6.07) is 8.42. The Morgan fingerprint density at radius 1 is 0.690 bits per heavy atom. The Labute approximate surface area is 172 Å². The number of nitrogens with zero attached hydrogens (tertiary/aromatic N) is 1. The first-order valence-electron chi connectivity index (χ1n) is 10.1. The van der Waals surface area contributed by atoms with Gasteiger partial charge in [-0.2, -0.15) is 0 Å². The molecule has 3 aromatic carbocycles. The van der Waals surface area contributed by atoms with E-state index in [2.05, 4.69) is 36.1 Å². The van der Waals surface area contributed by atoms with Crippen molar-refractivity contribution in [1.82, 2.24) is 4.90 Å². The predicted molar refractivity (Wildman–Crippen MR) is 117 cm³/mol. The molecule has 29 heavy (non-hydrogen) atoms. The minimum atomic E-state index is 0.734. The van der Waals surface area contributed by atoms with Gasteiger partial charge in [-0.1, -0.05) is 6.92 Å². The van der Waals surface area contributed by atoms with Gasteiger partial charge < -0.3 is 18.9 Å². The van der Waals surface area contributed by atoms with Crippen molar-refractivity contribution in [2.45, 2.75) is 26.3 Å². The van der Waals surface area contributed by atoms with E-state index < -0.39 is 0 Å². The van der Waals surface area contributed by atoms with Gasteiger partial charge >= 0.3 is 0 Å². The van der Waals surface area contributed by atoms with Crippen LogP contribution in [0.5, 0.6) is 23.0 Å². The second kappa shape index (κ2) is 7.99. The molecular formula is C24H29NO4. The van der Waals surface area contributed by atoms with E-state index in [1.165, 1.54) is 21.9 Å². The molecule has 5 nitrogen and oxygen atoms in total. The molecule has 0 radical (unpaired) electrons. The number of rotatable bonds is 6. The van der Waals surface area contributed by atoms with Crippen molar-refractivity contribution >= 4 is 21.5 Å². The second-order valence-electron chi connectivity index (χ2n) is 7.49. The molecule has 1 aliphatic heterocycles. The molecular weight excluding hydrogens is 366 g/mol. The maximum absolute atomic E-state index is 5.62. The zero-order valence-electron chi connectivity index (χ0n) is 17.9. The molecule has 1 aliphatic rings.